The van der Waals surface area contributed by atoms with Gasteiger partial charge in [0.25, 0.3) is 0 Å². The number of aromatic nitrogens is 3. The minimum Gasteiger partial charge on any atom is -0.477 e. The normalized spacial score (nSPS) is 12.0. The van der Waals surface area contributed by atoms with Gasteiger partial charge in [0.1, 0.15) is 11.5 Å². The minimum absolute atomic E-state index is 0.0186. The Morgan fingerprint density at radius 3 is 2.69 bits per heavy atom. The Balaban J connectivity index is 1.87. The summed E-state index contributed by atoms with van der Waals surface area (Å²) in [5.74, 6) is -0.690. The lowest BCUT2D eigenvalue weighted by atomic mass is 10.2. The van der Waals surface area contributed by atoms with Gasteiger partial charge in [-0.25, -0.2) is 22.5 Å². The molecule has 148 valence electrons. The first-order valence-electron chi connectivity index (χ1n) is 8.57. The van der Waals surface area contributed by atoms with Crippen molar-refractivity contribution >= 4 is 49.3 Å². The van der Waals surface area contributed by atoms with Crippen molar-refractivity contribution in [2.45, 2.75) is 4.90 Å². The lowest BCUT2D eigenvalue weighted by molar-refractivity contribution is 0.0691. The number of carboxylic acids is 1. The Morgan fingerprint density at radius 2 is 1.97 bits per heavy atom. The molecule has 3 N–H and O–H groups in total. The number of hydrogen-bond acceptors (Lipinski definition) is 6. The van der Waals surface area contributed by atoms with Gasteiger partial charge in [-0.05, 0) is 30.3 Å². The Kier molecular flexibility index (Phi) is 4.44. The summed E-state index contributed by atoms with van der Waals surface area (Å²) >= 11 is 0. The third-order valence-corrected chi connectivity index (χ3v) is 6.29. The van der Waals surface area contributed by atoms with Gasteiger partial charge in [0, 0.05) is 42.9 Å². The number of H-pyrrole nitrogens is 1. The van der Waals surface area contributed by atoms with Crippen LogP contribution in [0, 0.1) is 0 Å². The van der Waals surface area contributed by atoms with E-state index in [4.69, 9.17) is 0 Å². The number of fused-ring (bicyclic) bond motifs is 3. The molecule has 0 aliphatic heterocycles. The molecule has 0 aliphatic carbocycles. The summed E-state index contributed by atoms with van der Waals surface area (Å²) in [4.78, 5) is 23.1. The maximum absolute atomic E-state index is 12.4. The van der Waals surface area contributed by atoms with E-state index in [9.17, 15) is 18.3 Å². The van der Waals surface area contributed by atoms with E-state index < -0.39 is 16.0 Å². The Bertz CT molecular complexity index is 1360. The van der Waals surface area contributed by atoms with Crippen molar-refractivity contribution in [1.82, 2.24) is 19.3 Å². The highest BCUT2D eigenvalue weighted by Crippen LogP contribution is 2.31. The molecule has 0 bridgehead atoms. The van der Waals surface area contributed by atoms with E-state index in [2.05, 4.69) is 20.3 Å². The number of nitrogens with one attached hydrogen (secondary N) is 2. The second-order valence-corrected chi connectivity index (χ2v) is 8.72. The Labute approximate surface area is 166 Å². The topological polar surface area (TPSA) is 128 Å². The van der Waals surface area contributed by atoms with E-state index in [0.717, 1.165) is 4.31 Å². The van der Waals surface area contributed by atoms with Crippen molar-refractivity contribution in [3.05, 3.63) is 54.5 Å². The lowest BCUT2D eigenvalue weighted by Gasteiger charge is -2.13. The van der Waals surface area contributed by atoms with Crippen LogP contribution in [0.5, 0.6) is 0 Å². The molecule has 9 nitrogen and oxygen atoms in total. The van der Waals surface area contributed by atoms with Crippen LogP contribution in [0.1, 0.15) is 10.5 Å². The summed E-state index contributed by atoms with van der Waals surface area (Å²) in [6.07, 6.45) is 3.21. The van der Waals surface area contributed by atoms with E-state index in [1.807, 2.05) is 0 Å². The van der Waals surface area contributed by atoms with Crippen LogP contribution in [0.2, 0.25) is 0 Å². The SMILES string of the molecule is CN(C)S(=O)(=O)c1cccc(Nc2nc3ccncc3c3[nH]c(C(=O)O)cc23)c1. The molecule has 3 aromatic heterocycles. The van der Waals surface area contributed by atoms with E-state index >= 15 is 0 Å². The summed E-state index contributed by atoms with van der Waals surface area (Å²) in [6, 6.07) is 9.55. The number of sulfonamides is 1. The van der Waals surface area contributed by atoms with Gasteiger partial charge in [-0.1, -0.05) is 6.07 Å². The summed E-state index contributed by atoms with van der Waals surface area (Å²) < 4.78 is 26.0. The first-order valence-corrected chi connectivity index (χ1v) is 10.0. The molecule has 4 rings (SSSR count). The van der Waals surface area contributed by atoms with Crippen LogP contribution in [0.15, 0.2) is 53.7 Å². The largest absolute Gasteiger partial charge is 0.477 e. The van der Waals surface area contributed by atoms with E-state index in [-0.39, 0.29) is 10.6 Å². The monoisotopic (exact) mass is 411 g/mol. The molecule has 0 aliphatic rings. The summed E-state index contributed by atoms with van der Waals surface area (Å²) in [5.41, 5.74) is 1.73. The molecular formula is C19H17N5O4S. The van der Waals surface area contributed by atoms with Gasteiger partial charge in [-0.2, -0.15) is 0 Å². The number of pyridine rings is 2. The number of rotatable bonds is 5. The number of aromatic carboxylic acids is 1. The molecule has 10 heteroatoms. The number of carbonyl (C=O) groups is 1. The fourth-order valence-electron chi connectivity index (χ4n) is 3.00. The Hall–Kier alpha value is -3.50. The van der Waals surface area contributed by atoms with Crippen LogP contribution in [0.25, 0.3) is 21.8 Å². The first kappa shape index (κ1) is 18.8. The molecule has 0 saturated carbocycles. The predicted molar refractivity (Wildman–Crippen MR) is 109 cm³/mol. The van der Waals surface area contributed by atoms with Crippen LogP contribution in [-0.2, 0) is 10.0 Å². The third kappa shape index (κ3) is 3.28. The second-order valence-electron chi connectivity index (χ2n) is 6.57. The molecule has 0 fully saturated rings. The van der Waals surface area contributed by atoms with E-state index in [1.165, 1.54) is 32.3 Å². The number of aromatic amines is 1. The van der Waals surface area contributed by atoms with Crippen LogP contribution < -0.4 is 5.32 Å². The average molecular weight is 411 g/mol. The molecule has 0 amide bonds. The van der Waals surface area contributed by atoms with Gasteiger partial charge in [0.2, 0.25) is 10.0 Å². The van der Waals surface area contributed by atoms with Gasteiger partial charge in [-0.3, -0.25) is 4.98 Å². The molecular weight excluding hydrogens is 394 g/mol. The quantitative estimate of drug-likeness (QED) is 0.461. The average Bonchev–Trinajstić information content (AvgIpc) is 3.15. The number of carboxylic acid groups (broad SMARTS) is 1. The number of hydrogen-bond donors (Lipinski definition) is 3. The molecule has 4 aromatic rings. The van der Waals surface area contributed by atoms with Crippen molar-refractivity contribution < 1.29 is 18.3 Å². The van der Waals surface area contributed by atoms with Crippen LogP contribution in [-0.4, -0.2) is 52.8 Å². The fourth-order valence-corrected chi connectivity index (χ4v) is 3.95. The smallest absolute Gasteiger partial charge is 0.352 e. The molecule has 0 spiro atoms. The molecule has 0 saturated heterocycles. The molecule has 0 atom stereocenters. The van der Waals surface area contributed by atoms with Crippen LogP contribution in [0.4, 0.5) is 11.5 Å². The van der Waals surface area contributed by atoms with Gasteiger partial charge in [0.15, 0.2) is 0 Å². The van der Waals surface area contributed by atoms with Gasteiger partial charge in [0.05, 0.1) is 15.9 Å². The summed E-state index contributed by atoms with van der Waals surface area (Å²) in [5, 5.41) is 13.7. The van der Waals surface area contributed by atoms with E-state index in [0.29, 0.717) is 33.3 Å². The van der Waals surface area contributed by atoms with Crippen molar-refractivity contribution in [1.29, 1.82) is 0 Å². The maximum atomic E-state index is 12.4. The second kappa shape index (κ2) is 6.83. The standard InChI is InChI=1S/C19H17N5O4S/c1-24(2)29(27,28)12-5-3-4-11(8-12)21-18-13-9-16(19(25)26)22-17(13)14-10-20-7-6-15(14)23-18/h3-10,22H,1-2H3,(H,21,23)(H,25,26). The third-order valence-electron chi connectivity index (χ3n) is 4.48. The number of anilines is 2. The fraction of sp³-hybridized carbons (Fsp3) is 0.105. The Morgan fingerprint density at radius 1 is 1.17 bits per heavy atom. The zero-order valence-corrected chi connectivity index (χ0v) is 16.4. The summed E-state index contributed by atoms with van der Waals surface area (Å²) in [7, 11) is -0.668. The predicted octanol–water partition coefficient (Wildman–Crippen LogP) is 2.80. The molecule has 29 heavy (non-hydrogen) atoms. The molecule has 0 unspecified atom stereocenters. The highest BCUT2D eigenvalue weighted by Gasteiger charge is 2.19. The zero-order chi connectivity index (χ0) is 20.8. The lowest BCUT2D eigenvalue weighted by Crippen LogP contribution is -2.22. The summed E-state index contributed by atoms with van der Waals surface area (Å²) in [6.45, 7) is 0. The van der Waals surface area contributed by atoms with Crippen molar-refractivity contribution in [2.75, 3.05) is 19.4 Å². The van der Waals surface area contributed by atoms with Crippen LogP contribution in [0.3, 0.4) is 0 Å². The molecule has 1 aromatic carbocycles. The molecule has 3 heterocycles. The zero-order valence-electron chi connectivity index (χ0n) is 15.5. The first-order chi connectivity index (χ1) is 13.8. The van der Waals surface area contributed by atoms with Gasteiger partial charge < -0.3 is 15.4 Å². The van der Waals surface area contributed by atoms with E-state index in [1.54, 1.807) is 30.6 Å². The van der Waals surface area contributed by atoms with Crippen molar-refractivity contribution in [3.8, 4) is 0 Å². The molecule has 0 radical (unpaired) electrons. The minimum atomic E-state index is -3.60. The van der Waals surface area contributed by atoms with Crippen LogP contribution >= 0.6 is 0 Å². The van der Waals surface area contributed by atoms with Gasteiger partial charge in [-0.15, -0.1) is 0 Å². The van der Waals surface area contributed by atoms with Gasteiger partial charge >= 0.3 is 5.97 Å². The number of benzene rings is 1. The van der Waals surface area contributed by atoms with Crippen molar-refractivity contribution in [2.24, 2.45) is 0 Å². The number of nitrogens with zero attached hydrogens (tertiary/aromatic N) is 3. The maximum Gasteiger partial charge on any atom is 0.352 e. The highest BCUT2D eigenvalue weighted by atomic mass is 32.2. The van der Waals surface area contributed by atoms with Crippen molar-refractivity contribution in [3.63, 3.8) is 0 Å². The highest BCUT2D eigenvalue weighted by molar-refractivity contribution is 7.89.